The van der Waals surface area contributed by atoms with Gasteiger partial charge in [-0.3, -0.25) is 5.32 Å². The predicted octanol–water partition coefficient (Wildman–Crippen LogP) is 0.568. The first kappa shape index (κ1) is 9.96. The van der Waals surface area contributed by atoms with E-state index in [4.69, 9.17) is 4.74 Å². The van der Waals surface area contributed by atoms with Gasteiger partial charge in [-0.25, -0.2) is 0 Å². The van der Waals surface area contributed by atoms with Crippen LogP contribution in [-0.2, 0) is 4.74 Å². The van der Waals surface area contributed by atoms with Gasteiger partial charge in [0, 0.05) is 19.6 Å². The minimum atomic E-state index is 0.206. The zero-order chi connectivity index (χ0) is 9.03. The average molecular weight is 172 g/mol. The predicted molar refractivity (Wildman–Crippen MR) is 50.1 cm³/mol. The second-order valence-electron chi connectivity index (χ2n) is 4.52. The third-order valence-corrected chi connectivity index (χ3v) is 1.72. The monoisotopic (exact) mass is 172 g/mol. The molecule has 0 saturated carbocycles. The average Bonchev–Trinajstić information content (AvgIpc) is 2.02. The lowest BCUT2D eigenvalue weighted by Gasteiger charge is -2.28. The summed E-state index contributed by atoms with van der Waals surface area (Å²) in [6.07, 6.45) is 0.206. The second-order valence-corrected chi connectivity index (χ2v) is 4.52. The van der Waals surface area contributed by atoms with E-state index in [1.807, 2.05) is 0 Å². The smallest absolute Gasteiger partial charge is 0.120 e. The van der Waals surface area contributed by atoms with Crippen LogP contribution < -0.4 is 10.6 Å². The molecule has 1 atom stereocenters. The summed E-state index contributed by atoms with van der Waals surface area (Å²) in [6.45, 7) is 10.3. The quantitative estimate of drug-likeness (QED) is 0.639. The molecule has 1 fully saturated rings. The van der Waals surface area contributed by atoms with Gasteiger partial charge in [-0.1, -0.05) is 20.8 Å². The standard InChI is InChI=1S/C9H20N2O/c1-9(2,3)7-12-8-6-10-4-5-11-8/h8,10-11H,4-7H2,1-3H3. The molecule has 1 heterocycles. The lowest BCUT2D eigenvalue weighted by Crippen LogP contribution is -2.50. The summed E-state index contributed by atoms with van der Waals surface area (Å²) in [5, 5.41) is 6.59. The Labute approximate surface area is 74.9 Å². The first-order valence-corrected chi connectivity index (χ1v) is 4.64. The number of hydrogen-bond donors (Lipinski definition) is 2. The largest absolute Gasteiger partial charge is 0.361 e. The van der Waals surface area contributed by atoms with Gasteiger partial charge in [-0.2, -0.15) is 0 Å². The fraction of sp³-hybridized carbons (Fsp3) is 1.00. The van der Waals surface area contributed by atoms with Gasteiger partial charge in [0.15, 0.2) is 0 Å². The summed E-state index contributed by atoms with van der Waals surface area (Å²) in [4.78, 5) is 0. The van der Waals surface area contributed by atoms with Crippen LogP contribution in [0.2, 0.25) is 0 Å². The van der Waals surface area contributed by atoms with Crippen LogP contribution in [0.15, 0.2) is 0 Å². The van der Waals surface area contributed by atoms with Crippen LogP contribution in [0.4, 0.5) is 0 Å². The molecule has 0 amide bonds. The maximum atomic E-state index is 5.67. The van der Waals surface area contributed by atoms with Crippen molar-refractivity contribution in [3.8, 4) is 0 Å². The third-order valence-electron chi connectivity index (χ3n) is 1.72. The van der Waals surface area contributed by atoms with Gasteiger partial charge in [-0.05, 0) is 5.41 Å². The first-order valence-electron chi connectivity index (χ1n) is 4.64. The normalized spacial score (nSPS) is 25.8. The molecule has 1 aliphatic rings. The molecule has 0 aliphatic carbocycles. The molecule has 1 saturated heterocycles. The van der Waals surface area contributed by atoms with E-state index in [1.54, 1.807) is 0 Å². The van der Waals surface area contributed by atoms with Crippen molar-refractivity contribution in [1.29, 1.82) is 0 Å². The van der Waals surface area contributed by atoms with Gasteiger partial charge in [0.2, 0.25) is 0 Å². The Kier molecular flexibility index (Phi) is 3.50. The summed E-state index contributed by atoms with van der Waals surface area (Å²) in [6, 6.07) is 0. The Bertz CT molecular complexity index is 125. The van der Waals surface area contributed by atoms with E-state index in [2.05, 4.69) is 31.4 Å². The fourth-order valence-corrected chi connectivity index (χ4v) is 1.10. The van der Waals surface area contributed by atoms with Crippen LogP contribution in [-0.4, -0.2) is 32.5 Å². The molecule has 3 nitrogen and oxygen atoms in total. The highest BCUT2D eigenvalue weighted by atomic mass is 16.5. The fourth-order valence-electron chi connectivity index (χ4n) is 1.10. The molecule has 0 spiro atoms. The highest BCUT2D eigenvalue weighted by molar-refractivity contribution is 4.69. The van der Waals surface area contributed by atoms with Crippen molar-refractivity contribution >= 4 is 0 Å². The van der Waals surface area contributed by atoms with Crippen LogP contribution in [0.1, 0.15) is 20.8 Å². The van der Waals surface area contributed by atoms with Gasteiger partial charge < -0.3 is 10.1 Å². The topological polar surface area (TPSA) is 33.3 Å². The van der Waals surface area contributed by atoms with Crippen molar-refractivity contribution in [2.75, 3.05) is 26.2 Å². The summed E-state index contributed by atoms with van der Waals surface area (Å²) in [5.41, 5.74) is 0.263. The first-order chi connectivity index (χ1) is 5.58. The van der Waals surface area contributed by atoms with Crippen molar-refractivity contribution in [2.45, 2.75) is 27.0 Å². The molecular formula is C9H20N2O. The van der Waals surface area contributed by atoms with E-state index in [1.165, 1.54) is 0 Å². The Morgan fingerprint density at radius 2 is 2.08 bits per heavy atom. The molecule has 0 bridgehead atoms. The molecule has 2 N–H and O–H groups in total. The molecule has 1 unspecified atom stereocenters. The Balaban J connectivity index is 2.13. The maximum Gasteiger partial charge on any atom is 0.120 e. The Morgan fingerprint density at radius 3 is 2.58 bits per heavy atom. The van der Waals surface area contributed by atoms with E-state index in [9.17, 15) is 0 Å². The lowest BCUT2D eigenvalue weighted by molar-refractivity contribution is -0.0154. The van der Waals surface area contributed by atoms with Crippen molar-refractivity contribution in [3.05, 3.63) is 0 Å². The molecule has 72 valence electrons. The van der Waals surface area contributed by atoms with Gasteiger partial charge in [0.05, 0.1) is 6.61 Å². The number of nitrogens with one attached hydrogen (secondary N) is 2. The minimum absolute atomic E-state index is 0.206. The summed E-state index contributed by atoms with van der Waals surface area (Å²) in [5.74, 6) is 0. The van der Waals surface area contributed by atoms with E-state index < -0.39 is 0 Å². The van der Waals surface area contributed by atoms with E-state index in [0.717, 1.165) is 26.2 Å². The maximum absolute atomic E-state index is 5.67. The van der Waals surface area contributed by atoms with Crippen LogP contribution in [0.3, 0.4) is 0 Å². The van der Waals surface area contributed by atoms with Crippen molar-refractivity contribution < 1.29 is 4.74 Å². The molecule has 0 radical (unpaired) electrons. The summed E-state index contributed by atoms with van der Waals surface area (Å²) >= 11 is 0. The Morgan fingerprint density at radius 1 is 1.33 bits per heavy atom. The van der Waals surface area contributed by atoms with Gasteiger partial charge >= 0.3 is 0 Å². The highest BCUT2D eigenvalue weighted by Gasteiger charge is 2.16. The zero-order valence-corrected chi connectivity index (χ0v) is 8.31. The number of hydrogen-bond acceptors (Lipinski definition) is 3. The van der Waals surface area contributed by atoms with Gasteiger partial charge in [0.25, 0.3) is 0 Å². The van der Waals surface area contributed by atoms with Crippen molar-refractivity contribution in [3.63, 3.8) is 0 Å². The molecule has 12 heavy (non-hydrogen) atoms. The summed E-state index contributed by atoms with van der Waals surface area (Å²) in [7, 11) is 0. The minimum Gasteiger partial charge on any atom is -0.361 e. The SMILES string of the molecule is CC(C)(C)COC1CNCCN1. The molecule has 3 heteroatoms. The third kappa shape index (κ3) is 4.04. The number of piperazine rings is 1. The highest BCUT2D eigenvalue weighted by Crippen LogP contribution is 2.13. The van der Waals surface area contributed by atoms with Crippen molar-refractivity contribution in [1.82, 2.24) is 10.6 Å². The molecular weight excluding hydrogens is 152 g/mol. The molecule has 0 aromatic carbocycles. The molecule has 0 aromatic rings. The second kappa shape index (κ2) is 4.21. The Hall–Kier alpha value is -0.120. The number of ether oxygens (including phenoxy) is 1. The van der Waals surface area contributed by atoms with Crippen LogP contribution >= 0.6 is 0 Å². The van der Waals surface area contributed by atoms with Gasteiger partial charge in [-0.15, -0.1) is 0 Å². The van der Waals surface area contributed by atoms with E-state index >= 15 is 0 Å². The van der Waals surface area contributed by atoms with E-state index in [-0.39, 0.29) is 11.6 Å². The summed E-state index contributed by atoms with van der Waals surface area (Å²) < 4.78 is 5.67. The van der Waals surface area contributed by atoms with Crippen molar-refractivity contribution in [2.24, 2.45) is 5.41 Å². The lowest BCUT2D eigenvalue weighted by atomic mass is 9.99. The zero-order valence-electron chi connectivity index (χ0n) is 8.31. The van der Waals surface area contributed by atoms with Crippen LogP contribution in [0, 0.1) is 5.41 Å². The molecule has 1 aliphatic heterocycles. The van der Waals surface area contributed by atoms with Gasteiger partial charge in [0.1, 0.15) is 6.23 Å². The molecule has 1 rings (SSSR count). The van der Waals surface area contributed by atoms with Crippen LogP contribution in [0.25, 0.3) is 0 Å². The number of rotatable bonds is 2. The van der Waals surface area contributed by atoms with Crippen LogP contribution in [0.5, 0.6) is 0 Å². The molecule has 0 aromatic heterocycles. The van der Waals surface area contributed by atoms with E-state index in [0.29, 0.717) is 0 Å².